The molecule has 0 fully saturated rings. The van der Waals surface area contributed by atoms with Crippen LogP contribution in [0.4, 0.5) is 18.9 Å². The first-order valence-corrected chi connectivity index (χ1v) is 9.91. The van der Waals surface area contributed by atoms with Crippen molar-refractivity contribution in [2.24, 2.45) is 0 Å². The third kappa shape index (κ3) is 4.77. The first kappa shape index (κ1) is 20.7. The Morgan fingerprint density at radius 1 is 1.13 bits per heavy atom. The molecule has 1 amide bonds. The Hall–Kier alpha value is -3.60. The van der Waals surface area contributed by atoms with Crippen molar-refractivity contribution < 1.29 is 22.7 Å². The minimum Gasteiger partial charge on any atom is -0.433 e. The maximum atomic E-state index is 13.2. The summed E-state index contributed by atoms with van der Waals surface area (Å²) in [4.78, 5) is 20.8. The van der Waals surface area contributed by atoms with E-state index in [1.807, 2.05) is 0 Å². The van der Waals surface area contributed by atoms with Gasteiger partial charge in [0.2, 0.25) is 5.91 Å². The van der Waals surface area contributed by atoms with Crippen LogP contribution in [-0.2, 0) is 4.79 Å². The van der Waals surface area contributed by atoms with E-state index in [1.165, 1.54) is 36.7 Å². The molecule has 0 saturated heterocycles. The van der Waals surface area contributed by atoms with Gasteiger partial charge in [-0.15, -0.1) is 0 Å². The molecule has 1 N–H and O–H groups in total. The molecule has 7 nitrogen and oxygen atoms in total. The monoisotopic (exact) mass is 445 g/mol. The van der Waals surface area contributed by atoms with Crippen molar-refractivity contribution in [1.29, 1.82) is 0 Å². The van der Waals surface area contributed by atoms with Gasteiger partial charge in [0.05, 0.1) is 28.7 Å². The van der Waals surface area contributed by atoms with Crippen molar-refractivity contribution in [3.8, 4) is 11.4 Å². The van der Waals surface area contributed by atoms with Gasteiger partial charge >= 0.3 is 6.61 Å². The second-order valence-corrected chi connectivity index (χ2v) is 7.12. The highest BCUT2D eigenvalue weighted by atomic mass is 32.2. The number of carbonyl (C=O) groups excluding carboxylic acids is 1. The van der Waals surface area contributed by atoms with Crippen LogP contribution in [0.3, 0.4) is 0 Å². The molecule has 0 radical (unpaired) electrons. The van der Waals surface area contributed by atoms with Crippen LogP contribution in [-0.4, -0.2) is 38.0 Å². The van der Waals surface area contributed by atoms with Crippen LogP contribution in [0.5, 0.6) is 5.75 Å². The Morgan fingerprint density at radius 2 is 1.90 bits per heavy atom. The molecule has 0 aliphatic rings. The molecule has 4 rings (SSSR count). The number of aromatic nitrogens is 4. The summed E-state index contributed by atoms with van der Waals surface area (Å²) in [6, 6.07) is 11.7. The topological polar surface area (TPSA) is 81.9 Å². The van der Waals surface area contributed by atoms with Crippen molar-refractivity contribution in [3.05, 3.63) is 66.9 Å². The lowest BCUT2D eigenvalue weighted by atomic mass is 10.3. The second-order valence-electron chi connectivity index (χ2n) is 6.16. The number of carbonyl (C=O) groups is 1. The van der Waals surface area contributed by atoms with Gasteiger partial charge in [0, 0.05) is 0 Å². The Morgan fingerprint density at radius 3 is 2.68 bits per heavy atom. The number of hydrogen-bond acceptors (Lipinski definition) is 6. The molecule has 4 aromatic rings. The summed E-state index contributed by atoms with van der Waals surface area (Å²) < 4.78 is 44.2. The smallest absolute Gasteiger partial charge is 0.387 e. The number of nitrogens with one attached hydrogen (secondary N) is 1. The number of alkyl halides is 2. The molecule has 0 saturated carbocycles. The average molecular weight is 445 g/mol. The zero-order chi connectivity index (χ0) is 21.8. The van der Waals surface area contributed by atoms with Crippen LogP contribution in [0.2, 0.25) is 0 Å². The number of nitrogens with zero attached hydrogens (tertiary/aromatic N) is 4. The van der Waals surface area contributed by atoms with Gasteiger partial charge in [0.15, 0.2) is 5.65 Å². The molecule has 2 aromatic carbocycles. The Bertz CT molecular complexity index is 1220. The zero-order valence-corrected chi connectivity index (χ0v) is 16.5. The van der Waals surface area contributed by atoms with E-state index in [9.17, 15) is 18.0 Å². The summed E-state index contributed by atoms with van der Waals surface area (Å²) in [7, 11) is 0. The molecule has 2 heterocycles. The molecule has 0 spiro atoms. The fraction of sp³-hybridized carbons (Fsp3) is 0.100. The van der Waals surface area contributed by atoms with Crippen LogP contribution in [0.25, 0.3) is 16.7 Å². The SMILES string of the molecule is O=C(CSc1ncnc2c1cnn2-c1ccc(F)cc1)Nc1ccccc1OC(F)F. The lowest BCUT2D eigenvalue weighted by Crippen LogP contribution is -2.15. The van der Waals surface area contributed by atoms with E-state index in [-0.39, 0.29) is 23.0 Å². The second kappa shape index (κ2) is 9.04. The van der Waals surface area contributed by atoms with Gasteiger partial charge in [0.1, 0.15) is 22.9 Å². The predicted octanol–water partition coefficient (Wildman–Crippen LogP) is 4.29. The molecule has 0 aliphatic carbocycles. The number of fused-ring (bicyclic) bond motifs is 1. The van der Waals surface area contributed by atoms with E-state index in [0.717, 1.165) is 11.8 Å². The maximum absolute atomic E-state index is 13.2. The number of ether oxygens (including phenoxy) is 1. The molecule has 0 unspecified atom stereocenters. The summed E-state index contributed by atoms with van der Waals surface area (Å²) in [5.41, 5.74) is 1.27. The molecule has 0 atom stereocenters. The van der Waals surface area contributed by atoms with E-state index >= 15 is 0 Å². The fourth-order valence-electron chi connectivity index (χ4n) is 2.80. The van der Waals surface area contributed by atoms with Crippen molar-refractivity contribution in [3.63, 3.8) is 0 Å². The van der Waals surface area contributed by atoms with Gasteiger partial charge in [-0.2, -0.15) is 13.9 Å². The first-order valence-electron chi connectivity index (χ1n) is 8.92. The van der Waals surface area contributed by atoms with Crippen molar-refractivity contribution >= 4 is 34.4 Å². The van der Waals surface area contributed by atoms with Gasteiger partial charge in [-0.25, -0.2) is 19.0 Å². The third-order valence-corrected chi connectivity index (χ3v) is 5.12. The molecule has 2 aromatic heterocycles. The number of anilines is 1. The maximum Gasteiger partial charge on any atom is 0.387 e. The molecule has 0 aliphatic heterocycles. The van der Waals surface area contributed by atoms with E-state index < -0.39 is 12.5 Å². The Balaban J connectivity index is 1.49. The van der Waals surface area contributed by atoms with Crippen LogP contribution in [0, 0.1) is 5.82 Å². The standard InChI is InChI=1S/C20H14F3N5O2S/c21-12-5-7-13(8-6-12)28-18-14(9-26-28)19(25-11-24-18)31-10-17(29)27-15-3-1-2-4-16(15)30-20(22)23/h1-9,11,20H,10H2,(H,27,29). The lowest BCUT2D eigenvalue weighted by molar-refractivity contribution is -0.113. The molecular formula is C20H14F3N5O2S. The first-order chi connectivity index (χ1) is 15.0. The fourth-order valence-corrected chi connectivity index (χ4v) is 3.56. The van der Waals surface area contributed by atoms with Crippen molar-refractivity contribution in [2.45, 2.75) is 11.6 Å². The lowest BCUT2D eigenvalue weighted by Gasteiger charge is -2.11. The number of amides is 1. The van der Waals surface area contributed by atoms with Crippen LogP contribution >= 0.6 is 11.8 Å². The predicted molar refractivity (Wildman–Crippen MR) is 109 cm³/mol. The summed E-state index contributed by atoms with van der Waals surface area (Å²) in [6.45, 7) is -3.00. The van der Waals surface area contributed by atoms with Gasteiger partial charge in [0.25, 0.3) is 0 Å². The summed E-state index contributed by atoms with van der Waals surface area (Å²) >= 11 is 1.14. The average Bonchev–Trinajstić information content (AvgIpc) is 3.19. The molecular weight excluding hydrogens is 431 g/mol. The van der Waals surface area contributed by atoms with E-state index in [2.05, 4.69) is 25.1 Å². The Kier molecular flexibility index (Phi) is 6.03. The van der Waals surface area contributed by atoms with E-state index in [0.29, 0.717) is 21.7 Å². The number of rotatable bonds is 7. The molecule has 11 heteroatoms. The van der Waals surface area contributed by atoms with Crippen molar-refractivity contribution in [2.75, 3.05) is 11.1 Å². The molecule has 31 heavy (non-hydrogen) atoms. The number of thioether (sulfide) groups is 1. The van der Waals surface area contributed by atoms with E-state index in [4.69, 9.17) is 0 Å². The Labute approximate surface area is 178 Å². The molecule has 158 valence electrons. The van der Waals surface area contributed by atoms with Gasteiger partial charge in [-0.05, 0) is 36.4 Å². The summed E-state index contributed by atoms with van der Waals surface area (Å²) in [5.74, 6) is -0.942. The summed E-state index contributed by atoms with van der Waals surface area (Å²) in [5, 5.41) is 7.97. The highest BCUT2D eigenvalue weighted by Crippen LogP contribution is 2.28. The normalized spacial score (nSPS) is 11.1. The summed E-state index contributed by atoms with van der Waals surface area (Å²) in [6.07, 6.45) is 2.90. The number of benzene rings is 2. The quantitative estimate of drug-likeness (QED) is 0.338. The van der Waals surface area contributed by atoms with Crippen LogP contribution in [0.1, 0.15) is 0 Å². The van der Waals surface area contributed by atoms with Crippen LogP contribution < -0.4 is 10.1 Å². The highest BCUT2D eigenvalue weighted by molar-refractivity contribution is 8.00. The van der Waals surface area contributed by atoms with E-state index in [1.54, 1.807) is 29.1 Å². The largest absolute Gasteiger partial charge is 0.433 e. The number of para-hydroxylation sites is 2. The minimum absolute atomic E-state index is 0.0309. The zero-order valence-electron chi connectivity index (χ0n) is 15.7. The van der Waals surface area contributed by atoms with Gasteiger partial charge < -0.3 is 10.1 Å². The van der Waals surface area contributed by atoms with Gasteiger partial charge in [-0.3, -0.25) is 4.79 Å². The van der Waals surface area contributed by atoms with Gasteiger partial charge in [-0.1, -0.05) is 23.9 Å². The molecule has 0 bridgehead atoms. The minimum atomic E-state index is -3.00. The number of halogens is 3. The van der Waals surface area contributed by atoms with Crippen LogP contribution in [0.15, 0.2) is 66.1 Å². The highest BCUT2D eigenvalue weighted by Gasteiger charge is 2.15. The number of hydrogen-bond donors (Lipinski definition) is 1. The van der Waals surface area contributed by atoms with Crippen molar-refractivity contribution in [1.82, 2.24) is 19.7 Å². The third-order valence-electron chi connectivity index (χ3n) is 4.12.